The van der Waals surface area contributed by atoms with E-state index in [4.69, 9.17) is 4.74 Å². The first kappa shape index (κ1) is 8.98. The smallest absolute Gasteiger partial charge is 0.142 e. The highest BCUT2D eigenvalue weighted by Gasteiger charge is 2.21. The largest absolute Gasteiger partial charge is 0.478 e. The first-order valence-electron chi connectivity index (χ1n) is 5.47. The zero-order valence-electron chi connectivity index (χ0n) is 8.83. The van der Waals surface area contributed by atoms with Gasteiger partial charge < -0.3 is 4.74 Å². The van der Waals surface area contributed by atoms with Gasteiger partial charge in [0.15, 0.2) is 0 Å². The zero-order chi connectivity index (χ0) is 10.3. The molecule has 1 aromatic carbocycles. The molecule has 0 N–H and O–H groups in total. The fourth-order valence-electron chi connectivity index (χ4n) is 2.28. The van der Waals surface area contributed by atoms with E-state index in [-0.39, 0.29) is 0 Å². The monoisotopic (exact) mass is 201 g/mol. The molecule has 2 nitrogen and oxygen atoms in total. The van der Waals surface area contributed by atoms with Gasteiger partial charge in [-0.25, -0.2) is 0 Å². The molecule has 3 rings (SSSR count). The van der Waals surface area contributed by atoms with Crippen LogP contribution in [0.2, 0.25) is 0 Å². The van der Waals surface area contributed by atoms with Crippen molar-refractivity contribution < 1.29 is 4.74 Å². The van der Waals surface area contributed by atoms with Gasteiger partial charge in [-0.2, -0.15) is 0 Å². The van der Waals surface area contributed by atoms with Crippen molar-refractivity contribution in [3.05, 3.63) is 41.5 Å². The van der Waals surface area contributed by atoms with Crippen LogP contribution in [-0.4, -0.2) is 18.2 Å². The van der Waals surface area contributed by atoms with Crippen LogP contribution in [-0.2, 0) is 19.4 Å². The summed E-state index contributed by atoms with van der Waals surface area (Å²) in [5.74, 6) is 1.09. The highest BCUT2D eigenvalue weighted by atomic mass is 16.5. The maximum Gasteiger partial charge on any atom is 0.142 e. The summed E-state index contributed by atoms with van der Waals surface area (Å²) in [6.45, 7) is 6.34. The van der Waals surface area contributed by atoms with Crippen molar-refractivity contribution in [3.63, 3.8) is 0 Å². The van der Waals surface area contributed by atoms with Gasteiger partial charge in [0, 0.05) is 18.7 Å². The molecule has 0 unspecified atom stereocenters. The molecule has 0 aromatic heterocycles. The van der Waals surface area contributed by atoms with Crippen molar-refractivity contribution in [2.24, 2.45) is 0 Å². The van der Waals surface area contributed by atoms with Crippen molar-refractivity contribution in [3.8, 4) is 5.75 Å². The first-order chi connectivity index (χ1) is 7.36. The third-order valence-corrected chi connectivity index (χ3v) is 3.23. The average Bonchev–Trinajstić information content (AvgIpc) is 2.22. The van der Waals surface area contributed by atoms with Crippen molar-refractivity contribution in [1.82, 2.24) is 4.90 Å². The number of hydrogen-bond acceptors (Lipinski definition) is 2. The lowest BCUT2D eigenvalue weighted by Gasteiger charge is -2.31. The van der Waals surface area contributed by atoms with Gasteiger partial charge in [-0.3, -0.25) is 4.90 Å². The van der Waals surface area contributed by atoms with Crippen LogP contribution in [0.25, 0.3) is 0 Å². The molecule has 0 atom stereocenters. The van der Waals surface area contributed by atoms with Crippen LogP contribution in [0.4, 0.5) is 0 Å². The molecule has 78 valence electrons. The third kappa shape index (κ3) is 1.45. The summed E-state index contributed by atoms with van der Waals surface area (Å²) in [5, 5.41) is 0. The number of nitrogens with zero attached hydrogens (tertiary/aromatic N) is 1. The predicted octanol–water partition coefficient (Wildman–Crippen LogP) is 2.12. The van der Waals surface area contributed by atoms with E-state index in [0.29, 0.717) is 6.73 Å². The number of rotatable bonds is 2. The van der Waals surface area contributed by atoms with E-state index in [1.165, 1.54) is 29.5 Å². The molecular weight excluding hydrogens is 186 g/mol. The normalized spacial score (nSPS) is 18.4. The van der Waals surface area contributed by atoms with Crippen molar-refractivity contribution in [2.45, 2.75) is 19.4 Å². The third-order valence-electron chi connectivity index (χ3n) is 3.23. The predicted molar refractivity (Wildman–Crippen MR) is 60.0 cm³/mol. The average molecular weight is 201 g/mol. The van der Waals surface area contributed by atoms with E-state index in [1.54, 1.807) is 0 Å². The van der Waals surface area contributed by atoms with E-state index in [2.05, 4.69) is 23.6 Å². The molecule has 1 heterocycles. The number of hydrogen-bond donors (Lipinski definition) is 0. The van der Waals surface area contributed by atoms with E-state index in [9.17, 15) is 0 Å². The molecule has 15 heavy (non-hydrogen) atoms. The topological polar surface area (TPSA) is 12.5 Å². The Hall–Kier alpha value is -1.28. The van der Waals surface area contributed by atoms with Gasteiger partial charge in [0.05, 0.1) is 0 Å². The molecule has 1 aromatic rings. The lowest BCUT2D eigenvalue weighted by atomic mass is 9.86. The quantitative estimate of drug-likeness (QED) is 0.680. The van der Waals surface area contributed by atoms with Crippen LogP contribution < -0.4 is 4.74 Å². The Kier molecular flexibility index (Phi) is 2.03. The van der Waals surface area contributed by atoms with Crippen LogP contribution >= 0.6 is 0 Å². The molecule has 0 bridgehead atoms. The van der Waals surface area contributed by atoms with Gasteiger partial charge in [-0.1, -0.05) is 12.1 Å². The molecule has 0 amide bonds. The van der Waals surface area contributed by atoms with Crippen LogP contribution in [0.1, 0.15) is 16.7 Å². The molecule has 0 saturated carbocycles. The summed E-state index contributed by atoms with van der Waals surface area (Å²) in [6.07, 6.45) is 4.39. The van der Waals surface area contributed by atoms with Crippen molar-refractivity contribution in [1.29, 1.82) is 0 Å². The van der Waals surface area contributed by atoms with E-state index in [0.717, 1.165) is 18.8 Å². The molecule has 2 aliphatic rings. The van der Waals surface area contributed by atoms with Gasteiger partial charge >= 0.3 is 0 Å². The minimum Gasteiger partial charge on any atom is -0.478 e. The minimum atomic E-state index is 0.692. The van der Waals surface area contributed by atoms with E-state index in [1.807, 2.05) is 6.08 Å². The van der Waals surface area contributed by atoms with Gasteiger partial charge in [0.1, 0.15) is 12.5 Å². The van der Waals surface area contributed by atoms with Crippen LogP contribution in [0.5, 0.6) is 5.75 Å². The summed E-state index contributed by atoms with van der Waals surface area (Å²) in [6, 6.07) is 4.53. The number of aryl methyl sites for hydroxylation is 2. The first-order valence-corrected chi connectivity index (χ1v) is 5.47. The molecule has 0 fully saturated rings. The zero-order valence-corrected chi connectivity index (χ0v) is 8.83. The lowest BCUT2D eigenvalue weighted by Crippen LogP contribution is -2.32. The van der Waals surface area contributed by atoms with Crippen molar-refractivity contribution >= 4 is 0 Å². The SMILES string of the molecule is C=CCN1COc2cc3c(cc2C1)CC3. The Balaban J connectivity index is 1.89. The highest BCUT2D eigenvalue weighted by molar-refractivity contribution is 5.47. The lowest BCUT2D eigenvalue weighted by molar-refractivity contribution is 0.107. The Morgan fingerprint density at radius 2 is 2.07 bits per heavy atom. The maximum atomic E-state index is 5.74. The summed E-state index contributed by atoms with van der Waals surface area (Å²) in [4.78, 5) is 2.25. The van der Waals surface area contributed by atoms with Gasteiger partial charge in [-0.15, -0.1) is 6.58 Å². The summed E-state index contributed by atoms with van der Waals surface area (Å²) >= 11 is 0. The number of ether oxygens (including phenoxy) is 1. The van der Waals surface area contributed by atoms with Gasteiger partial charge in [-0.05, 0) is 30.0 Å². The minimum absolute atomic E-state index is 0.692. The maximum absolute atomic E-state index is 5.74. The van der Waals surface area contributed by atoms with Gasteiger partial charge in [0.2, 0.25) is 0 Å². The second-order valence-electron chi connectivity index (χ2n) is 4.30. The van der Waals surface area contributed by atoms with E-state index >= 15 is 0 Å². The fraction of sp³-hybridized carbons (Fsp3) is 0.385. The summed E-state index contributed by atoms with van der Waals surface area (Å²) in [5.41, 5.74) is 4.32. The van der Waals surface area contributed by atoms with Crippen LogP contribution in [0.3, 0.4) is 0 Å². The highest BCUT2D eigenvalue weighted by Crippen LogP contribution is 2.33. The molecule has 0 spiro atoms. The Bertz CT molecular complexity index is 411. The molecule has 1 aliphatic heterocycles. The molecular formula is C13H15NO. The summed E-state index contributed by atoms with van der Waals surface area (Å²) < 4.78 is 5.74. The van der Waals surface area contributed by atoms with E-state index < -0.39 is 0 Å². The molecule has 0 saturated heterocycles. The molecule has 1 aliphatic carbocycles. The molecule has 0 radical (unpaired) electrons. The van der Waals surface area contributed by atoms with Gasteiger partial charge in [0.25, 0.3) is 0 Å². The Labute approximate surface area is 90.2 Å². The summed E-state index contributed by atoms with van der Waals surface area (Å²) in [7, 11) is 0. The second kappa shape index (κ2) is 3.38. The Morgan fingerprint density at radius 1 is 1.27 bits per heavy atom. The van der Waals surface area contributed by atoms with Crippen LogP contribution in [0, 0.1) is 0 Å². The fourth-order valence-corrected chi connectivity index (χ4v) is 2.28. The number of fused-ring (bicyclic) bond motifs is 2. The van der Waals surface area contributed by atoms with Crippen molar-refractivity contribution in [2.75, 3.05) is 13.3 Å². The van der Waals surface area contributed by atoms with Crippen LogP contribution in [0.15, 0.2) is 24.8 Å². The number of benzene rings is 1. The molecule has 2 heteroatoms. The standard InChI is InChI=1S/C13H15NO/c1-2-5-14-8-12-6-10-3-4-11(10)7-13(12)15-9-14/h2,6-7H,1,3-5,8-9H2. The Morgan fingerprint density at radius 3 is 2.80 bits per heavy atom. The second-order valence-corrected chi connectivity index (χ2v) is 4.30.